The van der Waals surface area contributed by atoms with Crippen LogP contribution >= 0.6 is 0 Å². The molecule has 2 N–H and O–H groups in total. The van der Waals surface area contributed by atoms with Crippen LogP contribution in [0.4, 0.5) is 5.69 Å². The smallest absolute Gasteiger partial charge is 0.269 e. The second kappa shape index (κ2) is 5.69. The number of hydrogen-bond acceptors (Lipinski definition) is 4. The Labute approximate surface area is 124 Å². The first kappa shape index (κ1) is 13.8. The van der Waals surface area contributed by atoms with Crippen LogP contribution in [0.5, 0.6) is 0 Å². The van der Waals surface area contributed by atoms with Crippen molar-refractivity contribution in [1.82, 2.24) is 15.1 Å². The highest BCUT2D eigenvalue weighted by molar-refractivity contribution is 5.77. The second-order valence-corrected chi connectivity index (χ2v) is 5.72. The van der Waals surface area contributed by atoms with Crippen molar-refractivity contribution in [3.8, 4) is 11.3 Å². The maximum Gasteiger partial charge on any atom is 0.269 e. The first-order chi connectivity index (χ1) is 10.1. The predicted molar refractivity (Wildman–Crippen MR) is 84.5 cm³/mol. The van der Waals surface area contributed by atoms with E-state index in [2.05, 4.69) is 32.5 Å². The van der Waals surface area contributed by atoms with Gasteiger partial charge in [-0.1, -0.05) is 18.2 Å². The van der Waals surface area contributed by atoms with Gasteiger partial charge in [0.1, 0.15) is 5.69 Å². The molecule has 0 aliphatic carbocycles. The minimum absolute atomic E-state index is 0.0783. The molecule has 0 spiro atoms. The molecule has 0 fully saturated rings. The van der Waals surface area contributed by atoms with Gasteiger partial charge in [0.15, 0.2) is 0 Å². The fourth-order valence-corrected chi connectivity index (χ4v) is 2.79. The van der Waals surface area contributed by atoms with E-state index in [4.69, 9.17) is 0 Å². The third-order valence-corrected chi connectivity index (χ3v) is 3.69. The van der Waals surface area contributed by atoms with Crippen molar-refractivity contribution in [2.45, 2.75) is 19.4 Å². The minimum Gasteiger partial charge on any atom is -0.383 e. The van der Waals surface area contributed by atoms with Crippen LogP contribution in [0.1, 0.15) is 17.5 Å². The van der Waals surface area contributed by atoms with Crippen molar-refractivity contribution in [3.05, 3.63) is 45.7 Å². The van der Waals surface area contributed by atoms with Crippen LogP contribution in [0, 0.1) is 0 Å². The lowest BCUT2D eigenvalue weighted by Gasteiger charge is -2.19. The van der Waals surface area contributed by atoms with Gasteiger partial charge in [-0.15, -0.1) is 0 Å². The van der Waals surface area contributed by atoms with E-state index in [0.717, 1.165) is 48.4 Å². The van der Waals surface area contributed by atoms with Crippen molar-refractivity contribution in [1.29, 1.82) is 0 Å². The molecule has 1 aromatic carbocycles. The summed E-state index contributed by atoms with van der Waals surface area (Å²) in [5, 5.41) is 10.2. The molecule has 5 nitrogen and oxygen atoms in total. The number of aromatic amines is 1. The van der Waals surface area contributed by atoms with Crippen LogP contribution in [0.25, 0.3) is 11.3 Å². The zero-order valence-electron chi connectivity index (χ0n) is 12.4. The maximum absolute atomic E-state index is 11.9. The number of anilines is 1. The second-order valence-electron chi connectivity index (χ2n) is 5.72. The minimum atomic E-state index is -0.0783. The summed E-state index contributed by atoms with van der Waals surface area (Å²) in [6, 6.07) is 8.32. The third-order valence-electron chi connectivity index (χ3n) is 3.69. The van der Waals surface area contributed by atoms with Gasteiger partial charge in [0, 0.05) is 24.2 Å². The molecule has 2 aromatic rings. The lowest BCUT2D eigenvalue weighted by Crippen LogP contribution is -2.24. The molecule has 110 valence electrons. The number of H-pyrrole nitrogens is 1. The first-order valence-corrected chi connectivity index (χ1v) is 7.24. The molecule has 0 saturated carbocycles. The molecule has 3 rings (SSSR count). The van der Waals surface area contributed by atoms with Crippen LogP contribution in [0.2, 0.25) is 0 Å². The average Bonchev–Trinajstić information content (AvgIpc) is 2.47. The van der Waals surface area contributed by atoms with Crippen LogP contribution in [-0.4, -0.2) is 35.7 Å². The van der Waals surface area contributed by atoms with E-state index in [0.29, 0.717) is 0 Å². The molecule has 0 amide bonds. The normalized spacial score (nSPS) is 13.9. The molecule has 1 aromatic heterocycles. The standard InChI is InChI=1S/C16H20N4O/c1-20(2)10-11-5-3-6-12(9-11)14-15-13(7-4-8-17-15)16(21)19-18-14/h3,5-6,9,17H,4,7-8,10H2,1-2H3,(H,19,21). The van der Waals surface area contributed by atoms with Gasteiger partial charge in [-0.2, -0.15) is 5.10 Å². The summed E-state index contributed by atoms with van der Waals surface area (Å²) < 4.78 is 0. The SMILES string of the molecule is CN(C)Cc1cccc(-c2n[nH]c(=O)c3c2NCCC3)c1. The molecular weight excluding hydrogens is 264 g/mol. The number of nitrogens with one attached hydrogen (secondary N) is 2. The summed E-state index contributed by atoms with van der Waals surface area (Å²) in [6.45, 7) is 1.77. The Balaban J connectivity index is 2.06. The summed E-state index contributed by atoms with van der Waals surface area (Å²) in [5.74, 6) is 0. The maximum atomic E-state index is 11.9. The summed E-state index contributed by atoms with van der Waals surface area (Å²) in [5.41, 5.74) is 4.75. The summed E-state index contributed by atoms with van der Waals surface area (Å²) >= 11 is 0. The molecule has 0 saturated heterocycles. The van der Waals surface area contributed by atoms with E-state index >= 15 is 0 Å². The number of aromatic nitrogens is 2. The Kier molecular flexibility index (Phi) is 3.75. The van der Waals surface area contributed by atoms with Crippen LogP contribution in [-0.2, 0) is 13.0 Å². The van der Waals surface area contributed by atoms with E-state index in [9.17, 15) is 4.79 Å². The lowest BCUT2D eigenvalue weighted by atomic mass is 10.00. The Morgan fingerprint density at radius 2 is 2.19 bits per heavy atom. The first-order valence-electron chi connectivity index (χ1n) is 7.24. The molecule has 21 heavy (non-hydrogen) atoms. The van der Waals surface area contributed by atoms with Crippen molar-refractivity contribution in [2.75, 3.05) is 26.0 Å². The zero-order chi connectivity index (χ0) is 14.8. The molecule has 0 unspecified atom stereocenters. The van der Waals surface area contributed by atoms with Gasteiger partial charge < -0.3 is 10.2 Å². The highest BCUT2D eigenvalue weighted by atomic mass is 16.1. The van der Waals surface area contributed by atoms with Crippen molar-refractivity contribution >= 4 is 5.69 Å². The topological polar surface area (TPSA) is 61.0 Å². The fraction of sp³-hybridized carbons (Fsp3) is 0.375. The Morgan fingerprint density at radius 1 is 1.33 bits per heavy atom. The molecule has 1 aliphatic heterocycles. The zero-order valence-corrected chi connectivity index (χ0v) is 12.4. The number of hydrogen-bond donors (Lipinski definition) is 2. The molecule has 2 heterocycles. The number of nitrogens with zero attached hydrogens (tertiary/aromatic N) is 2. The number of rotatable bonds is 3. The highest BCUT2D eigenvalue weighted by Crippen LogP contribution is 2.30. The van der Waals surface area contributed by atoms with E-state index in [1.807, 2.05) is 26.2 Å². The van der Waals surface area contributed by atoms with Crippen LogP contribution in [0.15, 0.2) is 29.1 Å². The summed E-state index contributed by atoms with van der Waals surface area (Å²) in [4.78, 5) is 14.0. The van der Waals surface area contributed by atoms with Crippen molar-refractivity contribution in [2.24, 2.45) is 0 Å². The summed E-state index contributed by atoms with van der Waals surface area (Å²) in [7, 11) is 4.10. The Morgan fingerprint density at radius 3 is 3.00 bits per heavy atom. The monoisotopic (exact) mass is 284 g/mol. The van der Waals surface area contributed by atoms with Gasteiger partial charge in [-0.05, 0) is 38.6 Å². The van der Waals surface area contributed by atoms with Crippen molar-refractivity contribution < 1.29 is 0 Å². The van der Waals surface area contributed by atoms with Gasteiger partial charge >= 0.3 is 0 Å². The van der Waals surface area contributed by atoms with Crippen molar-refractivity contribution in [3.63, 3.8) is 0 Å². The quantitative estimate of drug-likeness (QED) is 0.903. The molecule has 0 bridgehead atoms. The van der Waals surface area contributed by atoms with Crippen LogP contribution < -0.4 is 10.9 Å². The predicted octanol–water partition coefficient (Wildman–Crippen LogP) is 1.86. The highest BCUT2D eigenvalue weighted by Gasteiger charge is 2.18. The lowest BCUT2D eigenvalue weighted by molar-refractivity contribution is 0.402. The largest absolute Gasteiger partial charge is 0.383 e. The van der Waals surface area contributed by atoms with E-state index in [-0.39, 0.29) is 5.56 Å². The van der Waals surface area contributed by atoms with Gasteiger partial charge in [0.05, 0.1) is 5.69 Å². The third kappa shape index (κ3) is 2.83. The van der Waals surface area contributed by atoms with E-state index in [1.54, 1.807) is 0 Å². The Hall–Kier alpha value is -2.14. The molecule has 5 heteroatoms. The molecule has 1 aliphatic rings. The molecular formula is C16H20N4O. The fourth-order valence-electron chi connectivity index (χ4n) is 2.79. The van der Waals surface area contributed by atoms with Gasteiger partial charge in [0.25, 0.3) is 5.56 Å². The molecule has 0 radical (unpaired) electrons. The average molecular weight is 284 g/mol. The van der Waals surface area contributed by atoms with Crippen LogP contribution in [0.3, 0.4) is 0 Å². The van der Waals surface area contributed by atoms with Gasteiger partial charge in [0.2, 0.25) is 0 Å². The number of fused-ring (bicyclic) bond motifs is 1. The Bertz CT molecular complexity index is 706. The summed E-state index contributed by atoms with van der Waals surface area (Å²) in [6.07, 6.45) is 1.80. The van der Waals surface area contributed by atoms with E-state index in [1.165, 1.54) is 5.56 Å². The van der Waals surface area contributed by atoms with Gasteiger partial charge in [-0.3, -0.25) is 4.79 Å². The van der Waals surface area contributed by atoms with Gasteiger partial charge in [-0.25, -0.2) is 5.10 Å². The van der Waals surface area contributed by atoms with E-state index < -0.39 is 0 Å². The molecule has 0 atom stereocenters. The number of benzene rings is 1.